The summed E-state index contributed by atoms with van der Waals surface area (Å²) < 4.78 is 11.7. The summed E-state index contributed by atoms with van der Waals surface area (Å²) >= 11 is 6.11. The number of carbonyl (C=O) groups excluding carboxylic acids is 2. The molecule has 6 heteroatoms. The highest BCUT2D eigenvalue weighted by Crippen LogP contribution is 2.48. The number of dihydropyridines is 1. The Morgan fingerprint density at radius 1 is 1.11 bits per heavy atom. The fraction of sp³-hybridized carbons (Fsp3) is 0.419. The quantitative estimate of drug-likeness (QED) is 0.414. The van der Waals surface area contributed by atoms with Gasteiger partial charge in [-0.2, -0.15) is 0 Å². The number of nitrogens with one attached hydrogen (secondary N) is 1. The van der Waals surface area contributed by atoms with Gasteiger partial charge in [-0.25, -0.2) is 4.79 Å². The molecule has 1 aliphatic heterocycles. The van der Waals surface area contributed by atoms with Crippen LogP contribution in [0, 0.1) is 26.2 Å². The van der Waals surface area contributed by atoms with Crippen molar-refractivity contribution in [3.05, 3.63) is 85.7 Å². The Bertz CT molecular complexity index is 1330. The molecule has 0 radical (unpaired) electrons. The van der Waals surface area contributed by atoms with Crippen LogP contribution in [0.5, 0.6) is 5.75 Å². The van der Waals surface area contributed by atoms with Gasteiger partial charge in [0.25, 0.3) is 0 Å². The van der Waals surface area contributed by atoms with Gasteiger partial charge >= 0.3 is 5.97 Å². The number of hydrogen-bond acceptors (Lipinski definition) is 5. The van der Waals surface area contributed by atoms with E-state index < -0.39 is 11.9 Å². The summed E-state index contributed by atoms with van der Waals surface area (Å²) in [7, 11) is 0. The first kappa shape index (κ1) is 27.0. The Balaban J connectivity index is 1.82. The minimum absolute atomic E-state index is 0.0774. The molecule has 0 unspecified atom stereocenters. The smallest absolute Gasteiger partial charge is 0.336 e. The van der Waals surface area contributed by atoms with Crippen LogP contribution in [0.1, 0.15) is 74.3 Å². The van der Waals surface area contributed by atoms with Crippen LogP contribution in [-0.4, -0.2) is 18.4 Å². The van der Waals surface area contributed by atoms with Crippen LogP contribution >= 0.6 is 11.6 Å². The summed E-state index contributed by atoms with van der Waals surface area (Å²) in [5, 5.41) is 4.07. The molecule has 0 fully saturated rings. The van der Waals surface area contributed by atoms with Crippen molar-refractivity contribution < 1.29 is 19.1 Å². The molecule has 0 amide bonds. The lowest BCUT2D eigenvalue weighted by Crippen LogP contribution is -2.39. The second-order valence-electron chi connectivity index (χ2n) is 11.0. The number of ketones is 1. The second-order valence-corrected chi connectivity index (χ2v) is 11.4. The predicted molar refractivity (Wildman–Crippen MR) is 147 cm³/mol. The van der Waals surface area contributed by atoms with Gasteiger partial charge in [0.05, 0.1) is 12.2 Å². The Morgan fingerprint density at radius 3 is 2.51 bits per heavy atom. The average Bonchev–Trinajstić information content (AvgIpc) is 2.78. The van der Waals surface area contributed by atoms with Gasteiger partial charge in [0.15, 0.2) is 5.78 Å². The zero-order chi connectivity index (χ0) is 27.1. The molecule has 0 spiro atoms. The molecular formula is C31H36ClNO4. The van der Waals surface area contributed by atoms with Crippen molar-refractivity contribution in [3.63, 3.8) is 0 Å². The monoisotopic (exact) mass is 521 g/mol. The molecule has 37 heavy (non-hydrogen) atoms. The molecule has 2 aromatic rings. The molecule has 0 bridgehead atoms. The van der Waals surface area contributed by atoms with E-state index in [9.17, 15) is 9.59 Å². The first-order valence-corrected chi connectivity index (χ1v) is 13.2. The van der Waals surface area contributed by atoms with Crippen molar-refractivity contribution in [1.82, 2.24) is 5.32 Å². The molecule has 5 nitrogen and oxygen atoms in total. The third-order valence-corrected chi connectivity index (χ3v) is 7.50. The van der Waals surface area contributed by atoms with Crippen molar-refractivity contribution in [2.75, 3.05) is 6.61 Å². The highest BCUT2D eigenvalue weighted by molar-refractivity contribution is 6.30. The lowest BCUT2D eigenvalue weighted by atomic mass is 9.68. The number of carbonyl (C=O) groups is 2. The normalized spacial score (nSPS) is 18.9. The molecule has 2 aliphatic rings. The number of allylic oxidation sites excluding steroid dienone is 3. The van der Waals surface area contributed by atoms with E-state index in [4.69, 9.17) is 21.1 Å². The maximum Gasteiger partial charge on any atom is 0.336 e. The number of Topliss-reactive ketones (excluding diaryl/α,β-unsaturated/α-hetero) is 1. The van der Waals surface area contributed by atoms with Crippen LogP contribution in [0.2, 0.25) is 5.02 Å². The summed E-state index contributed by atoms with van der Waals surface area (Å²) in [6.07, 6.45) is 1.19. The third kappa shape index (κ3) is 5.47. The zero-order valence-electron chi connectivity index (χ0n) is 22.8. The SMILES string of the molecule is CCOC(=O)C1=C(C)NC2=C(C(=O)CC(C)(C)C2)[C@H]1c1cc(C)cc(COc2ccc(Cl)cc2C)c1C. The number of aryl methyl sites for hydroxylation is 2. The van der Waals surface area contributed by atoms with Gasteiger partial charge in [-0.05, 0) is 86.9 Å². The van der Waals surface area contributed by atoms with Crippen LogP contribution in [-0.2, 0) is 20.9 Å². The third-order valence-electron chi connectivity index (χ3n) is 7.27. The molecule has 2 aromatic carbocycles. The van der Waals surface area contributed by atoms with Crippen molar-refractivity contribution >= 4 is 23.4 Å². The Hall–Kier alpha value is -3.05. The summed E-state index contributed by atoms with van der Waals surface area (Å²) in [4.78, 5) is 26.9. The van der Waals surface area contributed by atoms with Crippen LogP contribution < -0.4 is 10.1 Å². The lowest BCUT2D eigenvalue weighted by Gasteiger charge is -2.40. The zero-order valence-corrected chi connectivity index (χ0v) is 23.6. The maximum atomic E-state index is 13.6. The largest absolute Gasteiger partial charge is 0.489 e. The van der Waals surface area contributed by atoms with E-state index in [-0.39, 0.29) is 17.8 Å². The molecule has 1 aliphatic carbocycles. The number of rotatable bonds is 6. The molecule has 1 N–H and O–H groups in total. The molecule has 0 saturated carbocycles. The van der Waals surface area contributed by atoms with Gasteiger partial charge in [0.1, 0.15) is 12.4 Å². The van der Waals surface area contributed by atoms with Gasteiger partial charge in [-0.3, -0.25) is 4.79 Å². The fourth-order valence-corrected chi connectivity index (χ4v) is 5.80. The Kier molecular flexibility index (Phi) is 7.57. The highest BCUT2D eigenvalue weighted by Gasteiger charge is 2.43. The molecule has 196 valence electrons. The van der Waals surface area contributed by atoms with E-state index in [1.165, 1.54) is 0 Å². The second kappa shape index (κ2) is 10.4. The van der Waals surface area contributed by atoms with E-state index in [1.54, 1.807) is 6.92 Å². The number of esters is 1. The van der Waals surface area contributed by atoms with Gasteiger partial charge in [-0.1, -0.05) is 43.1 Å². The highest BCUT2D eigenvalue weighted by atomic mass is 35.5. The fourth-order valence-electron chi connectivity index (χ4n) is 5.57. The van der Waals surface area contributed by atoms with Gasteiger partial charge in [0.2, 0.25) is 0 Å². The number of halogens is 1. The predicted octanol–water partition coefficient (Wildman–Crippen LogP) is 7.01. The first-order chi connectivity index (χ1) is 17.4. The van der Waals surface area contributed by atoms with Crippen molar-refractivity contribution in [3.8, 4) is 5.75 Å². The van der Waals surface area contributed by atoms with Crippen molar-refractivity contribution in [2.24, 2.45) is 5.41 Å². The molecule has 0 saturated heterocycles. The summed E-state index contributed by atoms with van der Waals surface area (Å²) in [6, 6.07) is 9.76. The van der Waals surface area contributed by atoms with Crippen molar-refractivity contribution in [2.45, 2.75) is 73.8 Å². The van der Waals surface area contributed by atoms with Crippen LogP contribution in [0.3, 0.4) is 0 Å². The van der Waals surface area contributed by atoms with E-state index in [0.717, 1.165) is 51.4 Å². The standard InChI is InChI=1S/C31H36ClNO4/c1-8-36-30(35)27-20(5)33-24-14-31(6,7)15-25(34)29(24)28(27)23-12-17(2)11-21(19(23)4)16-37-26-10-9-22(32)13-18(26)3/h9-13,28,33H,8,14-16H2,1-7H3/t28-/m0/s1. The molecular weight excluding hydrogens is 486 g/mol. The molecule has 1 atom stereocenters. The van der Waals surface area contributed by atoms with Crippen LogP contribution in [0.25, 0.3) is 0 Å². The number of ether oxygens (including phenoxy) is 2. The van der Waals surface area contributed by atoms with E-state index in [0.29, 0.717) is 29.2 Å². The topological polar surface area (TPSA) is 64.6 Å². The van der Waals surface area contributed by atoms with E-state index in [1.807, 2.05) is 45.9 Å². The van der Waals surface area contributed by atoms with Crippen molar-refractivity contribution in [1.29, 1.82) is 0 Å². The molecule has 4 rings (SSSR count). The van der Waals surface area contributed by atoms with Crippen LogP contribution in [0.15, 0.2) is 52.9 Å². The van der Waals surface area contributed by atoms with E-state index >= 15 is 0 Å². The van der Waals surface area contributed by atoms with Gasteiger partial charge in [0, 0.05) is 34.3 Å². The lowest BCUT2D eigenvalue weighted by molar-refractivity contribution is -0.138. The summed E-state index contributed by atoms with van der Waals surface area (Å²) in [5.41, 5.74) is 7.64. The average molecular weight is 522 g/mol. The minimum Gasteiger partial charge on any atom is -0.489 e. The summed E-state index contributed by atoms with van der Waals surface area (Å²) in [6.45, 7) is 14.6. The maximum absolute atomic E-state index is 13.6. The van der Waals surface area contributed by atoms with Gasteiger partial charge < -0.3 is 14.8 Å². The summed E-state index contributed by atoms with van der Waals surface area (Å²) in [5.74, 6) is -0.0353. The van der Waals surface area contributed by atoms with Gasteiger partial charge in [-0.15, -0.1) is 0 Å². The number of hydrogen-bond donors (Lipinski definition) is 1. The van der Waals surface area contributed by atoms with Crippen LogP contribution in [0.4, 0.5) is 0 Å². The minimum atomic E-state index is -0.491. The Labute approximate surface area is 224 Å². The number of benzene rings is 2. The first-order valence-electron chi connectivity index (χ1n) is 12.8. The molecule has 1 heterocycles. The molecule has 0 aromatic heterocycles. The Morgan fingerprint density at radius 2 is 1.84 bits per heavy atom. The van der Waals surface area contributed by atoms with E-state index in [2.05, 4.69) is 31.3 Å².